The van der Waals surface area contributed by atoms with Gasteiger partial charge >= 0.3 is 6.18 Å². The number of benzene rings is 1. The van der Waals surface area contributed by atoms with Crippen LogP contribution in [0.25, 0.3) is 11.5 Å². The first-order chi connectivity index (χ1) is 17.9. The molecule has 2 aromatic heterocycles. The lowest BCUT2D eigenvalue weighted by Crippen LogP contribution is -2.37. The number of pyridine rings is 1. The van der Waals surface area contributed by atoms with E-state index in [1.807, 2.05) is 30.6 Å². The predicted octanol–water partition coefficient (Wildman–Crippen LogP) is 5.48. The van der Waals surface area contributed by atoms with Crippen LogP contribution in [0, 0.1) is 5.41 Å². The molecule has 1 saturated heterocycles. The number of halogens is 3. The van der Waals surface area contributed by atoms with Gasteiger partial charge in [0.2, 0.25) is 17.6 Å². The fourth-order valence-electron chi connectivity index (χ4n) is 4.17. The number of rotatable bonds is 5. The first-order valence-corrected chi connectivity index (χ1v) is 12.3. The van der Waals surface area contributed by atoms with Gasteiger partial charge in [-0.3, -0.25) is 9.59 Å². The first-order valence-electron chi connectivity index (χ1n) is 12.3. The van der Waals surface area contributed by atoms with E-state index in [-0.39, 0.29) is 22.9 Å². The summed E-state index contributed by atoms with van der Waals surface area (Å²) in [6.45, 7) is 8.66. The van der Waals surface area contributed by atoms with Gasteiger partial charge < -0.3 is 19.5 Å². The number of aromatic nitrogens is 2. The summed E-state index contributed by atoms with van der Waals surface area (Å²) >= 11 is 0. The van der Waals surface area contributed by atoms with Crippen LogP contribution in [0.2, 0.25) is 0 Å². The van der Waals surface area contributed by atoms with Gasteiger partial charge in [0.15, 0.2) is 5.69 Å². The fourth-order valence-corrected chi connectivity index (χ4v) is 4.17. The molecule has 0 spiro atoms. The molecule has 1 fully saturated rings. The summed E-state index contributed by atoms with van der Waals surface area (Å²) in [5.74, 6) is -2.04. The standard InChI is InChI=1S/C27H30F3N5O3/c1-26(2,3)16-21(36)35-13-7-12-34(14-15-35)20-11-10-19(17-31-20)32-24(37)22-23(27(28,29)30)38-25(33-22)18-8-5-4-6-9-18/h4-6,8-11,17H,7,12-16H2,1-3H3,(H,32,37). The molecule has 3 aromatic rings. The van der Waals surface area contributed by atoms with Crippen molar-refractivity contribution in [1.82, 2.24) is 14.9 Å². The van der Waals surface area contributed by atoms with Crippen LogP contribution in [-0.4, -0.2) is 52.9 Å². The second-order valence-corrected chi connectivity index (χ2v) is 10.4. The molecule has 0 aliphatic carbocycles. The summed E-state index contributed by atoms with van der Waals surface area (Å²) in [4.78, 5) is 37.5. The molecule has 3 heterocycles. The SMILES string of the molecule is CC(C)(C)CC(=O)N1CCCN(c2ccc(NC(=O)c3nc(-c4ccccc4)oc3C(F)(F)F)cn2)CC1. The third kappa shape index (κ3) is 6.70. The van der Waals surface area contributed by atoms with Crippen LogP contribution < -0.4 is 10.2 Å². The summed E-state index contributed by atoms with van der Waals surface area (Å²) in [5, 5.41) is 2.43. The number of carbonyl (C=O) groups excluding carboxylic acids is 2. The second-order valence-electron chi connectivity index (χ2n) is 10.4. The summed E-state index contributed by atoms with van der Waals surface area (Å²) in [7, 11) is 0. The Hall–Kier alpha value is -3.89. The number of carbonyl (C=O) groups is 2. The van der Waals surface area contributed by atoms with E-state index < -0.39 is 23.5 Å². The highest BCUT2D eigenvalue weighted by molar-refractivity contribution is 6.04. The van der Waals surface area contributed by atoms with Crippen LogP contribution in [0.15, 0.2) is 53.1 Å². The average Bonchev–Trinajstić information content (AvgIpc) is 3.17. The van der Waals surface area contributed by atoms with Crippen molar-refractivity contribution < 1.29 is 27.2 Å². The highest BCUT2D eigenvalue weighted by Crippen LogP contribution is 2.35. The fraction of sp³-hybridized carbons (Fsp3) is 0.407. The molecule has 0 unspecified atom stereocenters. The van der Waals surface area contributed by atoms with E-state index in [4.69, 9.17) is 4.42 Å². The quantitative estimate of drug-likeness (QED) is 0.471. The predicted molar refractivity (Wildman–Crippen MR) is 137 cm³/mol. The molecule has 1 aliphatic heterocycles. The summed E-state index contributed by atoms with van der Waals surface area (Å²) in [5.41, 5.74) is -0.402. The third-order valence-corrected chi connectivity index (χ3v) is 5.98. The van der Waals surface area contributed by atoms with E-state index in [0.29, 0.717) is 44.0 Å². The van der Waals surface area contributed by atoms with E-state index >= 15 is 0 Å². The molecule has 0 atom stereocenters. The zero-order chi connectivity index (χ0) is 27.5. The van der Waals surface area contributed by atoms with Crippen molar-refractivity contribution in [2.45, 2.75) is 39.8 Å². The van der Waals surface area contributed by atoms with Gasteiger partial charge in [0.05, 0.1) is 11.9 Å². The zero-order valence-corrected chi connectivity index (χ0v) is 21.5. The van der Waals surface area contributed by atoms with Gasteiger partial charge in [0.25, 0.3) is 5.91 Å². The Morgan fingerprint density at radius 3 is 2.37 bits per heavy atom. The maximum Gasteiger partial charge on any atom is 0.452 e. The van der Waals surface area contributed by atoms with Crippen LogP contribution in [0.3, 0.4) is 0 Å². The molecule has 8 nitrogen and oxygen atoms in total. The van der Waals surface area contributed by atoms with Gasteiger partial charge in [-0.1, -0.05) is 39.0 Å². The molecule has 0 saturated carbocycles. The monoisotopic (exact) mass is 529 g/mol. The Balaban J connectivity index is 1.43. The molecule has 0 radical (unpaired) electrons. The first kappa shape index (κ1) is 27.2. The minimum atomic E-state index is -4.90. The van der Waals surface area contributed by atoms with Crippen LogP contribution in [0.1, 0.15) is 49.9 Å². The summed E-state index contributed by atoms with van der Waals surface area (Å²) < 4.78 is 45.7. The van der Waals surface area contributed by atoms with Crippen molar-refractivity contribution in [2.24, 2.45) is 5.41 Å². The average molecular weight is 530 g/mol. The molecule has 0 bridgehead atoms. The lowest BCUT2D eigenvalue weighted by Gasteiger charge is -2.26. The number of nitrogens with one attached hydrogen (secondary N) is 1. The van der Waals surface area contributed by atoms with Crippen molar-refractivity contribution in [3.63, 3.8) is 0 Å². The molecule has 4 rings (SSSR count). The molecule has 1 N–H and O–H groups in total. The zero-order valence-electron chi connectivity index (χ0n) is 21.5. The Labute approximate surface area is 218 Å². The van der Waals surface area contributed by atoms with Crippen LogP contribution in [0.4, 0.5) is 24.7 Å². The van der Waals surface area contributed by atoms with Gasteiger partial charge in [-0.25, -0.2) is 9.97 Å². The normalized spacial score (nSPS) is 14.8. The number of hydrogen-bond acceptors (Lipinski definition) is 6. The highest BCUT2D eigenvalue weighted by atomic mass is 19.4. The van der Waals surface area contributed by atoms with Crippen molar-refractivity contribution in [2.75, 3.05) is 36.4 Å². The van der Waals surface area contributed by atoms with E-state index in [0.717, 1.165) is 6.42 Å². The number of nitrogens with zero attached hydrogens (tertiary/aromatic N) is 4. The van der Waals surface area contributed by atoms with Gasteiger partial charge in [-0.2, -0.15) is 13.2 Å². The van der Waals surface area contributed by atoms with Crippen molar-refractivity contribution in [1.29, 1.82) is 0 Å². The second kappa shape index (κ2) is 10.8. The van der Waals surface area contributed by atoms with Gasteiger partial charge in [-0.05, 0) is 36.1 Å². The molecule has 11 heteroatoms. The van der Waals surface area contributed by atoms with E-state index in [1.165, 1.54) is 6.20 Å². The largest absolute Gasteiger partial charge is 0.452 e. The van der Waals surface area contributed by atoms with E-state index in [1.54, 1.807) is 42.5 Å². The molecule has 202 valence electrons. The number of anilines is 2. The maximum absolute atomic E-state index is 13.6. The Morgan fingerprint density at radius 2 is 1.74 bits per heavy atom. The van der Waals surface area contributed by atoms with Crippen LogP contribution in [-0.2, 0) is 11.0 Å². The van der Waals surface area contributed by atoms with Crippen LogP contribution in [0.5, 0.6) is 0 Å². The Morgan fingerprint density at radius 1 is 1.00 bits per heavy atom. The van der Waals surface area contributed by atoms with Crippen molar-refractivity contribution >= 4 is 23.3 Å². The smallest absolute Gasteiger partial charge is 0.431 e. The van der Waals surface area contributed by atoms with Crippen molar-refractivity contribution in [3.8, 4) is 11.5 Å². The van der Waals surface area contributed by atoms with Crippen LogP contribution >= 0.6 is 0 Å². The van der Waals surface area contributed by atoms with Gasteiger partial charge in [-0.15, -0.1) is 0 Å². The topological polar surface area (TPSA) is 91.6 Å². The Bertz CT molecular complexity index is 1270. The number of hydrogen-bond donors (Lipinski definition) is 1. The lowest BCUT2D eigenvalue weighted by molar-refractivity contribution is -0.153. The molecule has 2 amide bonds. The number of amides is 2. The number of alkyl halides is 3. The van der Waals surface area contributed by atoms with E-state index in [2.05, 4.69) is 15.3 Å². The number of oxazole rings is 1. The highest BCUT2D eigenvalue weighted by Gasteiger charge is 2.42. The Kier molecular flexibility index (Phi) is 7.75. The molecular formula is C27H30F3N5O3. The lowest BCUT2D eigenvalue weighted by atomic mass is 9.91. The minimum absolute atomic E-state index is 0.0825. The maximum atomic E-state index is 13.6. The van der Waals surface area contributed by atoms with Gasteiger partial charge in [0, 0.05) is 38.2 Å². The summed E-state index contributed by atoms with van der Waals surface area (Å²) in [6.07, 6.45) is -2.25. The molecular weight excluding hydrogens is 499 g/mol. The van der Waals surface area contributed by atoms with Crippen molar-refractivity contribution in [3.05, 3.63) is 60.1 Å². The summed E-state index contributed by atoms with van der Waals surface area (Å²) in [6, 6.07) is 11.3. The third-order valence-electron chi connectivity index (χ3n) is 5.98. The minimum Gasteiger partial charge on any atom is -0.431 e. The molecule has 1 aromatic carbocycles. The molecule has 38 heavy (non-hydrogen) atoms. The van der Waals surface area contributed by atoms with Gasteiger partial charge in [0.1, 0.15) is 5.82 Å². The van der Waals surface area contributed by atoms with E-state index in [9.17, 15) is 22.8 Å². The molecule has 1 aliphatic rings.